The lowest BCUT2D eigenvalue weighted by atomic mass is 9.87. The number of aromatic nitrogens is 2. The van der Waals surface area contributed by atoms with Crippen LogP contribution in [0.25, 0.3) is 0 Å². The summed E-state index contributed by atoms with van der Waals surface area (Å²) in [5.41, 5.74) is -0.407. The van der Waals surface area contributed by atoms with Crippen LogP contribution in [0.5, 0.6) is 0 Å². The highest BCUT2D eigenvalue weighted by atomic mass is 35.5. The summed E-state index contributed by atoms with van der Waals surface area (Å²) >= 11 is 0. The van der Waals surface area contributed by atoms with Gasteiger partial charge in [0.1, 0.15) is 11.5 Å². The van der Waals surface area contributed by atoms with Crippen molar-refractivity contribution in [3.8, 4) is 0 Å². The first-order valence-corrected chi connectivity index (χ1v) is 7.91. The third-order valence-corrected chi connectivity index (χ3v) is 4.94. The summed E-state index contributed by atoms with van der Waals surface area (Å²) in [6, 6.07) is 0. The molecule has 2 N–H and O–H groups in total. The summed E-state index contributed by atoms with van der Waals surface area (Å²) < 4.78 is 37.8. The van der Waals surface area contributed by atoms with Crippen molar-refractivity contribution in [1.82, 2.24) is 20.2 Å². The Morgan fingerprint density at radius 3 is 2.57 bits per heavy atom. The molecule has 0 amide bonds. The molecule has 2 fully saturated rings. The van der Waals surface area contributed by atoms with Crippen LogP contribution in [-0.4, -0.2) is 47.6 Å². The highest BCUT2D eigenvalue weighted by Gasteiger charge is 2.35. The number of halogens is 4. The molecule has 0 aromatic carbocycles. The van der Waals surface area contributed by atoms with Gasteiger partial charge in [0.25, 0.3) is 0 Å². The molecule has 3 rings (SSSR count). The van der Waals surface area contributed by atoms with Gasteiger partial charge in [-0.2, -0.15) is 13.2 Å². The number of alkyl halides is 3. The molecule has 1 atom stereocenters. The predicted molar refractivity (Wildman–Crippen MR) is 84.8 cm³/mol. The smallest absolute Gasteiger partial charge is 0.338 e. The Labute approximate surface area is 140 Å². The molecule has 0 radical (unpaired) electrons. The first-order valence-electron chi connectivity index (χ1n) is 7.91. The maximum absolute atomic E-state index is 12.6. The summed E-state index contributed by atoms with van der Waals surface area (Å²) in [5.74, 6) is 0.600. The van der Waals surface area contributed by atoms with Crippen molar-refractivity contribution < 1.29 is 13.2 Å². The molecular weight excluding hydrogens is 329 g/mol. The first-order chi connectivity index (χ1) is 10.4. The second kappa shape index (κ2) is 6.99. The van der Waals surface area contributed by atoms with Gasteiger partial charge in [-0.05, 0) is 44.3 Å². The van der Waals surface area contributed by atoms with Crippen LogP contribution in [0.3, 0.4) is 0 Å². The fraction of sp³-hybridized carbons (Fsp3) is 0.800. The average molecular weight is 353 g/mol. The lowest BCUT2D eigenvalue weighted by molar-refractivity contribution is -0.141. The van der Waals surface area contributed by atoms with Gasteiger partial charge in [-0.3, -0.25) is 0 Å². The minimum absolute atomic E-state index is 0. The molecule has 23 heavy (non-hydrogen) atoms. The summed E-state index contributed by atoms with van der Waals surface area (Å²) in [6.07, 6.45) is -0.494. The molecule has 2 aliphatic rings. The molecule has 1 aromatic rings. The Bertz CT molecular complexity index is 503. The average Bonchev–Trinajstić information content (AvgIpc) is 3.08. The van der Waals surface area contributed by atoms with Crippen LogP contribution in [0.15, 0.2) is 6.20 Å². The molecule has 1 unspecified atom stereocenters. The molecule has 0 spiro atoms. The molecule has 2 aliphatic heterocycles. The van der Waals surface area contributed by atoms with Crippen LogP contribution in [-0.2, 0) is 6.18 Å². The van der Waals surface area contributed by atoms with E-state index in [1.807, 2.05) is 0 Å². The van der Waals surface area contributed by atoms with E-state index in [2.05, 4.69) is 27.1 Å². The predicted octanol–water partition coefficient (Wildman–Crippen LogP) is 3.03. The molecule has 3 heterocycles. The minimum atomic E-state index is -4.34. The molecule has 132 valence electrons. The normalized spacial score (nSPS) is 27.1. The molecule has 0 aliphatic carbocycles. The fourth-order valence-electron chi connectivity index (χ4n) is 3.60. The molecule has 8 heteroatoms. The number of nitrogens with zero attached hydrogens (tertiary/aromatic N) is 2. The van der Waals surface area contributed by atoms with E-state index in [-0.39, 0.29) is 18.3 Å². The number of hydrogen-bond donors (Lipinski definition) is 2. The van der Waals surface area contributed by atoms with Crippen molar-refractivity contribution in [2.75, 3.05) is 32.7 Å². The van der Waals surface area contributed by atoms with Crippen LogP contribution in [0, 0.1) is 5.41 Å². The topological polar surface area (TPSA) is 44.0 Å². The largest absolute Gasteiger partial charge is 0.432 e. The van der Waals surface area contributed by atoms with Crippen molar-refractivity contribution >= 4 is 12.4 Å². The number of H-pyrrole nitrogens is 1. The van der Waals surface area contributed by atoms with Gasteiger partial charge in [0, 0.05) is 19.0 Å². The quantitative estimate of drug-likeness (QED) is 0.878. The van der Waals surface area contributed by atoms with Gasteiger partial charge in [-0.25, -0.2) is 4.98 Å². The van der Waals surface area contributed by atoms with Gasteiger partial charge in [0.05, 0.1) is 6.20 Å². The van der Waals surface area contributed by atoms with E-state index in [4.69, 9.17) is 0 Å². The Hall–Kier alpha value is -0.790. The Morgan fingerprint density at radius 2 is 2.04 bits per heavy atom. The highest BCUT2D eigenvalue weighted by molar-refractivity contribution is 5.85. The van der Waals surface area contributed by atoms with Crippen molar-refractivity contribution in [2.45, 2.75) is 38.3 Å². The van der Waals surface area contributed by atoms with Crippen molar-refractivity contribution in [3.63, 3.8) is 0 Å². The van der Waals surface area contributed by atoms with Crippen LogP contribution < -0.4 is 5.32 Å². The highest BCUT2D eigenvalue weighted by Crippen LogP contribution is 2.33. The molecular formula is C15H24ClF3N4. The molecule has 0 saturated carbocycles. The SMILES string of the molecule is CC1(CN2CCC(c3ncc(C(F)(F)F)[nH]3)CC2)CCNC1.Cl. The number of piperidine rings is 1. The number of nitrogens with one attached hydrogen (secondary N) is 2. The van der Waals surface area contributed by atoms with Gasteiger partial charge in [-0.1, -0.05) is 6.92 Å². The van der Waals surface area contributed by atoms with Gasteiger partial charge >= 0.3 is 6.18 Å². The molecule has 4 nitrogen and oxygen atoms in total. The lowest BCUT2D eigenvalue weighted by Gasteiger charge is -2.36. The van der Waals surface area contributed by atoms with Gasteiger partial charge in [-0.15, -0.1) is 12.4 Å². The zero-order valence-corrected chi connectivity index (χ0v) is 14.1. The van der Waals surface area contributed by atoms with Crippen LogP contribution in [0.2, 0.25) is 0 Å². The monoisotopic (exact) mass is 352 g/mol. The molecule has 0 bridgehead atoms. The number of imidazole rings is 1. The zero-order chi connectivity index (χ0) is 15.8. The third-order valence-electron chi connectivity index (χ3n) is 4.94. The van der Waals surface area contributed by atoms with Crippen molar-refractivity contribution in [3.05, 3.63) is 17.7 Å². The van der Waals surface area contributed by atoms with Crippen LogP contribution >= 0.6 is 12.4 Å². The van der Waals surface area contributed by atoms with Gasteiger partial charge in [0.15, 0.2) is 0 Å². The summed E-state index contributed by atoms with van der Waals surface area (Å²) in [6.45, 7) is 7.38. The van der Waals surface area contributed by atoms with Crippen LogP contribution in [0.1, 0.15) is 43.6 Å². The summed E-state index contributed by atoms with van der Waals surface area (Å²) in [5, 5.41) is 3.41. The van der Waals surface area contributed by atoms with E-state index >= 15 is 0 Å². The Morgan fingerprint density at radius 1 is 1.35 bits per heavy atom. The maximum Gasteiger partial charge on any atom is 0.432 e. The number of aromatic amines is 1. The van der Waals surface area contributed by atoms with Crippen molar-refractivity contribution in [1.29, 1.82) is 0 Å². The van der Waals surface area contributed by atoms with E-state index in [9.17, 15) is 13.2 Å². The zero-order valence-electron chi connectivity index (χ0n) is 13.2. The van der Waals surface area contributed by atoms with E-state index in [1.54, 1.807) is 0 Å². The summed E-state index contributed by atoms with van der Waals surface area (Å²) in [4.78, 5) is 8.84. The fourth-order valence-corrected chi connectivity index (χ4v) is 3.60. The Kier molecular flexibility index (Phi) is 5.63. The van der Waals surface area contributed by atoms with E-state index in [0.29, 0.717) is 11.2 Å². The Balaban J connectivity index is 0.00000192. The number of likely N-dealkylation sites (tertiary alicyclic amines) is 1. The second-order valence-corrected chi connectivity index (χ2v) is 6.97. The van der Waals surface area contributed by atoms with Gasteiger partial charge in [0.2, 0.25) is 0 Å². The maximum atomic E-state index is 12.6. The summed E-state index contributed by atoms with van der Waals surface area (Å²) in [7, 11) is 0. The van der Waals surface area contributed by atoms with Gasteiger partial charge < -0.3 is 15.2 Å². The van der Waals surface area contributed by atoms with E-state index in [0.717, 1.165) is 51.8 Å². The minimum Gasteiger partial charge on any atom is -0.338 e. The standard InChI is InChI=1S/C15H23F3N4.ClH/c1-14(4-5-19-9-14)10-22-6-2-11(3-7-22)13-20-8-12(21-13)15(16,17)18;/h8,11,19H,2-7,9-10H2,1H3,(H,20,21);1H. The van der Waals surface area contributed by atoms with E-state index < -0.39 is 11.9 Å². The van der Waals surface area contributed by atoms with E-state index in [1.165, 1.54) is 6.42 Å². The molecule has 1 aromatic heterocycles. The van der Waals surface area contributed by atoms with Crippen molar-refractivity contribution in [2.24, 2.45) is 5.41 Å². The number of hydrogen-bond acceptors (Lipinski definition) is 3. The molecule has 2 saturated heterocycles. The third kappa shape index (κ3) is 4.39. The van der Waals surface area contributed by atoms with Crippen LogP contribution in [0.4, 0.5) is 13.2 Å². The lowest BCUT2D eigenvalue weighted by Crippen LogP contribution is -2.41. The number of rotatable bonds is 3. The second-order valence-electron chi connectivity index (χ2n) is 6.97. The first kappa shape index (κ1) is 18.5.